The zero-order valence-electron chi connectivity index (χ0n) is 14.2. The maximum atomic E-state index is 12.9. The first kappa shape index (κ1) is 17.4. The number of carbonyl (C=O) groups excluding carboxylic acids is 1. The third-order valence-corrected chi connectivity index (χ3v) is 6.29. The molecule has 2 aromatic carbocycles. The molecule has 0 fully saturated rings. The molecule has 0 saturated heterocycles. The molecule has 0 radical (unpaired) electrons. The number of hydrogen-bond acceptors (Lipinski definition) is 4. The molecular formula is C18H20N2O4S. The summed E-state index contributed by atoms with van der Waals surface area (Å²) in [7, 11) is -0.823. The average molecular weight is 360 g/mol. The van der Waals surface area contributed by atoms with Crippen LogP contribution in [0.3, 0.4) is 0 Å². The van der Waals surface area contributed by atoms with Gasteiger partial charge in [-0.15, -0.1) is 0 Å². The van der Waals surface area contributed by atoms with Crippen LogP contribution >= 0.6 is 0 Å². The molecule has 132 valence electrons. The topological polar surface area (TPSA) is 66.9 Å². The maximum Gasteiger partial charge on any atom is 0.337 e. The molecule has 0 N–H and O–H groups in total. The van der Waals surface area contributed by atoms with E-state index in [0.29, 0.717) is 30.8 Å². The number of carbonyl (C=O) groups is 1. The van der Waals surface area contributed by atoms with Crippen LogP contribution in [0.15, 0.2) is 48.5 Å². The van der Waals surface area contributed by atoms with Crippen LogP contribution < -0.4 is 4.31 Å². The minimum atomic E-state index is -3.65. The summed E-state index contributed by atoms with van der Waals surface area (Å²) < 4.78 is 33.2. The molecule has 25 heavy (non-hydrogen) atoms. The van der Waals surface area contributed by atoms with E-state index in [4.69, 9.17) is 0 Å². The molecule has 0 unspecified atom stereocenters. The average Bonchev–Trinajstić information content (AvgIpc) is 2.66. The normalized spacial score (nSPS) is 14.6. The summed E-state index contributed by atoms with van der Waals surface area (Å²) in [5.41, 5.74) is 3.10. The van der Waals surface area contributed by atoms with E-state index in [0.717, 1.165) is 5.56 Å². The van der Waals surface area contributed by atoms with Gasteiger partial charge in [-0.3, -0.25) is 4.31 Å². The van der Waals surface area contributed by atoms with Gasteiger partial charge in [-0.2, -0.15) is 12.7 Å². The fourth-order valence-corrected chi connectivity index (χ4v) is 4.26. The van der Waals surface area contributed by atoms with E-state index in [9.17, 15) is 13.2 Å². The fourth-order valence-electron chi connectivity index (χ4n) is 2.90. The van der Waals surface area contributed by atoms with Crippen LogP contribution in [0.1, 0.15) is 21.5 Å². The molecule has 0 aromatic heterocycles. The lowest BCUT2D eigenvalue weighted by Crippen LogP contribution is -2.44. The SMILES string of the molecule is COC(=O)c1ccc(N(C)S(=O)(=O)N2CCc3ccccc3C2)cc1. The Morgan fingerprint density at radius 1 is 1.08 bits per heavy atom. The predicted molar refractivity (Wildman–Crippen MR) is 95.7 cm³/mol. The summed E-state index contributed by atoms with van der Waals surface area (Å²) in [4.78, 5) is 11.5. The van der Waals surface area contributed by atoms with Crippen molar-refractivity contribution in [2.45, 2.75) is 13.0 Å². The second-order valence-electron chi connectivity index (χ2n) is 5.87. The van der Waals surface area contributed by atoms with E-state index in [1.165, 1.54) is 28.3 Å². The molecule has 2 aromatic rings. The summed E-state index contributed by atoms with van der Waals surface area (Å²) in [5.74, 6) is -0.454. The summed E-state index contributed by atoms with van der Waals surface area (Å²) in [6, 6.07) is 14.2. The van der Waals surface area contributed by atoms with Crippen LogP contribution in [-0.4, -0.2) is 39.4 Å². The minimum Gasteiger partial charge on any atom is -0.465 e. The molecule has 7 heteroatoms. The number of esters is 1. The summed E-state index contributed by atoms with van der Waals surface area (Å²) in [6.07, 6.45) is 0.699. The number of hydrogen-bond donors (Lipinski definition) is 0. The number of nitrogens with zero attached hydrogens (tertiary/aromatic N) is 2. The lowest BCUT2D eigenvalue weighted by Gasteiger charge is -2.32. The van der Waals surface area contributed by atoms with Gasteiger partial charge in [0.05, 0.1) is 18.4 Å². The van der Waals surface area contributed by atoms with Gasteiger partial charge in [0.1, 0.15) is 0 Å². The smallest absolute Gasteiger partial charge is 0.337 e. The van der Waals surface area contributed by atoms with E-state index in [1.807, 2.05) is 24.3 Å². The fraction of sp³-hybridized carbons (Fsp3) is 0.278. The van der Waals surface area contributed by atoms with Gasteiger partial charge in [-0.25, -0.2) is 4.79 Å². The van der Waals surface area contributed by atoms with E-state index in [1.54, 1.807) is 24.3 Å². The highest BCUT2D eigenvalue weighted by atomic mass is 32.2. The van der Waals surface area contributed by atoms with Crippen molar-refractivity contribution < 1.29 is 17.9 Å². The Hall–Kier alpha value is -2.38. The van der Waals surface area contributed by atoms with Crippen molar-refractivity contribution in [1.29, 1.82) is 0 Å². The number of fused-ring (bicyclic) bond motifs is 1. The Bertz CT molecular complexity index is 878. The number of methoxy groups -OCH3 is 1. The first-order valence-electron chi connectivity index (χ1n) is 7.92. The van der Waals surface area contributed by atoms with Gasteiger partial charge in [0, 0.05) is 20.1 Å². The zero-order valence-corrected chi connectivity index (χ0v) is 15.0. The standard InChI is InChI=1S/C18H20N2O4S/c1-19(17-9-7-15(8-10-17)18(21)24-2)25(22,23)20-12-11-14-5-3-4-6-16(14)13-20/h3-10H,11-13H2,1-2H3. The van der Waals surface area contributed by atoms with Gasteiger partial charge >= 0.3 is 16.2 Å². The van der Waals surface area contributed by atoms with Crippen LogP contribution in [0.5, 0.6) is 0 Å². The maximum absolute atomic E-state index is 12.9. The lowest BCUT2D eigenvalue weighted by molar-refractivity contribution is 0.0601. The third kappa shape index (κ3) is 3.38. The van der Waals surface area contributed by atoms with Gasteiger partial charge in [-0.1, -0.05) is 24.3 Å². The second-order valence-corrected chi connectivity index (χ2v) is 7.83. The molecule has 1 heterocycles. The quantitative estimate of drug-likeness (QED) is 0.784. The highest BCUT2D eigenvalue weighted by Crippen LogP contribution is 2.25. The highest BCUT2D eigenvalue weighted by molar-refractivity contribution is 7.90. The summed E-state index contributed by atoms with van der Waals surface area (Å²) in [5, 5.41) is 0. The van der Waals surface area contributed by atoms with Crippen molar-refractivity contribution in [1.82, 2.24) is 4.31 Å². The zero-order chi connectivity index (χ0) is 18.0. The Labute approximate surface area is 147 Å². The van der Waals surface area contributed by atoms with Crippen molar-refractivity contribution >= 4 is 21.9 Å². The van der Waals surface area contributed by atoms with Gasteiger partial charge in [0.15, 0.2) is 0 Å². The number of rotatable bonds is 4. The van der Waals surface area contributed by atoms with Crippen LogP contribution in [-0.2, 0) is 27.9 Å². The van der Waals surface area contributed by atoms with Crippen molar-refractivity contribution in [3.63, 3.8) is 0 Å². The Morgan fingerprint density at radius 2 is 1.72 bits per heavy atom. The van der Waals surface area contributed by atoms with Gasteiger partial charge in [0.25, 0.3) is 0 Å². The monoisotopic (exact) mass is 360 g/mol. The minimum absolute atomic E-state index is 0.364. The number of benzene rings is 2. The molecule has 6 nitrogen and oxygen atoms in total. The first-order chi connectivity index (χ1) is 11.9. The molecule has 3 rings (SSSR count). The first-order valence-corrected chi connectivity index (χ1v) is 9.32. The Balaban J connectivity index is 1.81. The van der Waals surface area contributed by atoms with Crippen LogP contribution in [0.2, 0.25) is 0 Å². The van der Waals surface area contributed by atoms with Crippen LogP contribution in [0.4, 0.5) is 5.69 Å². The number of anilines is 1. The Morgan fingerprint density at radius 3 is 2.36 bits per heavy atom. The molecule has 1 aliphatic rings. The van der Waals surface area contributed by atoms with Crippen LogP contribution in [0, 0.1) is 0 Å². The van der Waals surface area contributed by atoms with Gasteiger partial charge in [0.2, 0.25) is 0 Å². The summed E-state index contributed by atoms with van der Waals surface area (Å²) >= 11 is 0. The van der Waals surface area contributed by atoms with Gasteiger partial charge in [-0.05, 0) is 41.8 Å². The van der Waals surface area contributed by atoms with Crippen molar-refractivity contribution in [2.24, 2.45) is 0 Å². The second kappa shape index (κ2) is 6.85. The van der Waals surface area contributed by atoms with E-state index >= 15 is 0 Å². The van der Waals surface area contributed by atoms with Gasteiger partial charge < -0.3 is 4.74 Å². The highest BCUT2D eigenvalue weighted by Gasteiger charge is 2.30. The molecule has 0 amide bonds. The molecular weight excluding hydrogens is 340 g/mol. The molecule has 0 aliphatic carbocycles. The molecule has 0 spiro atoms. The largest absolute Gasteiger partial charge is 0.465 e. The van der Waals surface area contributed by atoms with Crippen molar-refractivity contribution in [2.75, 3.05) is 25.0 Å². The lowest BCUT2D eigenvalue weighted by atomic mass is 10.0. The van der Waals surface area contributed by atoms with Crippen LogP contribution in [0.25, 0.3) is 0 Å². The van der Waals surface area contributed by atoms with E-state index in [-0.39, 0.29) is 0 Å². The van der Waals surface area contributed by atoms with Crippen molar-refractivity contribution in [3.05, 3.63) is 65.2 Å². The third-order valence-electron chi connectivity index (χ3n) is 4.42. The molecule has 0 bridgehead atoms. The Kier molecular flexibility index (Phi) is 4.78. The molecule has 0 saturated carbocycles. The van der Waals surface area contributed by atoms with Crippen molar-refractivity contribution in [3.8, 4) is 0 Å². The molecule has 0 atom stereocenters. The predicted octanol–water partition coefficient (Wildman–Crippen LogP) is 2.21. The summed E-state index contributed by atoms with van der Waals surface area (Å²) in [6.45, 7) is 0.813. The molecule has 1 aliphatic heterocycles. The van der Waals surface area contributed by atoms with E-state index < -0.39 is 16.2 Å². The van der Waals surface area contributed by atoms with E-state index in [2.05, 4.69) is 4.74 Å². The number of ether oxygens (including phenoxy) is 1.